The lowest BCUT2D eigenvalue weighted by Crippen LogP contribution is -2.32. The first kappa shape index (κ1) is 26.0. The van der Waals surface area contributed by atoms with Gasteiger partial charge in [-0.2, -0.15) is 11.8 Å². The number of aliphatic hydroxyl groups is 1. The van der Waals surface area contributed by atoms with Gasteiger partial charge in [0.15, 0.2) is 5.82 Å². The zero-order valence-corrected chi connectivity index (χ0v) is 19.9. The van der Waals surface area contributed by atoms with Crippen LogP contribution in [-0.2, 0) is 12.3 Å². The fourth-order valence-electron chi connectivity index (χ4n) is 2.93. The summed E-state index contributed by atoms with van der Waals surface area (Å²) in [6.07, 6.45) is -0.772. The number of benzene rings is 1. The molecule has 1 heterocycles. The second-order valence-corrected chi connectivity index (χ2v) is 9.72. The zero-order valence-electron chi connectivity index (χ0n) is 18.2. The molecule has 1 unspecified atom stereocenters. The van der Waals surface area contributed by atoms with Gasteiger partial charge in [-0.3, -0.25) is 10.1 Å². The number of nitro groups is 1. The zero-order chi connectivity index (χ0) is 23.7. The molecule has 1 aromatic carbocycles. The molecule has 32 heavy (non-hydrogen) atoms. The summed E-state index contributed by atoms with van der Waals surface area (Å²) in [4.78, 5) is 15.0. The van der Waals surface area contributed by atoms with Crippen molar-refractivity contribution in [1.82, 2.24) is 15.5 Å². The number of aryl methyl sites for hydroxylation is 1. The van der Waals surface area contributed by atoms with Crippen LogP contribution in [0.3, 0.4) is 0 Å². The lowest BCUT2D eigenvalue weighted by molar-refractivity contribution is -0.404. The third-order valence-corrected chi connectivity index (χ3v) is 6.80. The summed E-state index contributed by atoms with van der Waals surface area (Å²) >= 11 is 3.48. The highest BCUT2D eigenvalue weighted by atomic mass is 32.2. The summed E-state index contributed by atoms with van der Waals surface area (Å²) in [5.74, 6) is -0.150. The molecule has 0 spiro atoms. The van der Waals surface area contributed by atoms with Crippen molar-refractivity contribution in [3.63, 3.8) is 0 Å². The van der Waals surface area contributed by atoms with Crippen molar-refractivity contribution < 1.29 is 18.8 Å². The Morgan fingerprint density at radius 1 is 1.34 bits per heavy atom. The highest BCUT2D eigenvalue weighted by Gasteiger charge is 2.18. The van der Waals surface area contributed by atoms with Crippen molar-refractivity contribution in [2.45, 2.75) is 25.3 Å². The lowest BCUT2D eigenvalue weighted by atomic mass is 10.1. The largest absolute Gasteiger partial charge is 0.386 e. The number of nitrogens with one attached hydrogen (secondary N) is 2. The van der Waals surface area contributed by atoms with E-state index in [0.717, 1.165) is 30.6 Å². The monoisotopic (exact) mass is 486 g/mol. The Morgan fingerprint density at radius 2 is 2.03 bits per heavy atom. The Morgan fingerprint density at radius 3 is 2.66 bits per heavy atom. The lowest BCUT2D eigenvalue weighted by Gasteiger charge is -2.16. The molecule has 0 saturated heterocycles. The quantitative estimate of drug-likeness (QED) is 0.226. The molecule has 1 atom stereocenters. The maximum atomic E-state index is 13.8. The van der Waals surface area contributed by atoms with Gasteiger partial charge in [-0.05, 0) is 44.8 Å². The molecule has 1 aromatic heterocycles. The molecule has 176 valence electrons. The Balaban J connectivity index is 1.81. The van der Waals surface area contributed by atoms with Gasteiger partial charge in [0.25, 0.3) is 6.20 Å². The van der Waals surface area contributed by atoms with Gasteiger partial charge in [-0.1, -0.05) is 6.07 Å². The van der Waals surface area contributed by atoms with Gasteiger partial charge in [0.1, 0.15) is 17.7 Å². The normalized spacial score (nSPS) is 12.8. The standard InChI is InChI=1S/C21H28F2N4O3S2/c1-14-9-15(32-19(14)11-26(2)3)13-31-8-7-24-20(12-27(29)30)25-10-18(28)21-16(22)5-4-6-17(21)23/h4-6,9,12,18,24-25,28H,7-8,10-11,13H2,1-3H3/b20-12-. The predicted octanol–water partition coefficient (Wildman–Crippen LogP) is 3.62. The number of rotatable bonds is 13. The van der Waals surface area contributed by atoms with Crippen LogP contribution in [0.15, 0.2) is 36.3 Å². The SMILES string of the molecule is Cc1cc(CSCCN/C(=C/[N+](=O)[O-])NCC(O)c2c(F)cccc2F)sc1CN(C)C. The van der Waals surface area contributed by atoms with Crippen LogP contribution in [0, 0.1) is 28.7 Å². The Kier molecular flexibility index (Phi) is 10.4. The van der Waals surface area contributed by atoms with Gasteiger partial charge in [0.05, 0.1) is 10.5 Å². The first-order valence-corrected chi connectivity index (χ1v) is 11.9. The number of hydrogen-bond acceptors (Lipinski definition) is 8. The molecule has 2 aromatic rings. The van der Waals surface area contributed by atoms with Crippen LogP contribution < -0.4 is 10.6 Å². The van der Waals surface area contributed by atoms with E-state index in [1.165, 1.54) is 21.4 Å². The van der Waals surface area contributed by atoms with Crippen LogP contribution in [0.1, 0.15) is 27.0 Å². The number of nitrogens with zero attached hydrogens (tertiary/aromatic N) is 2. The van der Waals surface area contributed by atoms with Crippen molar-refractivity contribution >= 4 is 23.1 Å². The second-order valence-electron chi connectivity index (χ2n) is 7.40. The molecule has 7 nitrogen and oxygen atoms in total. The summed E-state index contributed by atoms with van der Waals surface area (Å²) < 4.78 is 27.6. The summed E-state index contributed by atoms with van der Waals surface area (Å²) in [5, 5.41) is 26.5. The van der Waals surface area contributed by atoms with E-state index in [4.69, 9.17) is 0 Å². The highest BCUT2D eigenvalue weighted by Crippen LogP contribution is 2.26. The molecule has 0 aliphatic carbocycles. The Labute approximate surface area is 194 Å². The molecule has 11 heteroatoms. The minimum atomic E-state index is -1.50. The van der Waals surface area contributed by atoms with Crippen molar-refractivity contribution in [1.29, 1.82) is 0 Å². The number of aliphatic hydroxyl groups excluding tert-OH is 1. The smallest absolute Gasteiger partial charge is 0.274 e. The van der Waals surface area contributed by atoms with E-state index in [-0.39, 0.29) is 12.4 Å². The average Bonchev–Trinajstić information content (AvgIpc) is 3.03. The molecule has 0 amide bonds. The van der Waals surface area contributed by atoms with Crippen molar-refractivity contribution in [3.8, 4) is 0 Å². The van der Waals surface area contributed by atoms with Gasteiger partial charge in [0.2, 0.25) is 0 Å². The minimum Gasteiger partial charge on any atom is -0.386 e. The van der Waals surface area contributed by atoms with Crippen LogP contribution >= 0.6 is 23.1 Å². The van der Waals surface area contributed by atoms with Gasteiger partial charge >= 0.3 is 0 Å². The number of hydrogen-bond donors (Lipinski definition) is 3. The summed E-state index contributed by atoms with van der Waals surface area (Å²) in [5.41, 5.74) is 0.804. The molecular weight excluding hydrogens is 458 g/mol. The highest BCUT2D eigenvalue weighted by molar-refractivity contribution is 7.98. The van der Waals surface area contributed by atoms with Gasteiger partial charge in [-0.25, -0.2) is 8.78 Å². The molecule has 3 N–H and O–H groups in total. The number of thiophene rings is 1. The number of thioether (sulfide) groups is 1. The van der Waals surface area contributed by atoms with Crippen LogP contribution in [0.5, 0.6) is 0 Å². The van der Waals surface area contributed by atoms with Crippen molar-refractivity contribution in [2.24, 2.45) is 0 Å². The molecule has 0 radical (unpaired) electrons. The van der Waals surface area contributed by atoms with Crippen LogP contribution in [0.2, 0.25) is 0 Å². The fraction of sp³-hybridized carbons (Fsp3) is 0.429. The van der Waals surface area contributed by atoms with E-state index in [1.807, 2.05) is 14.1 Å². The van der Waals surface area contributed by atoms with Gasteiger partial charge in [0, 0.05) is 40.9 Å². The van der Waals surface area contributed by atoms with Crippen molar-refractivity contribution in [3.05, 3.63) is 78.9 Å². The van der Waals surface area contributed by atoms with Crippen LogP contribution in [0.4, 0.5) is 8.78 Å². The Hall–Kier alpha value is -2.21. The van der Waals surface area contributed by atoms with Crippen LogP contribution in [0.25, 0.3) is 0 Å². The van der Waals surface area contributed by atoms with Crippen LogP contribution in [-0.4, -0.2) is 47.9 Å². The Bertz CT molecular complexity index is 918. The summed E-state index contributed by atoms with van der Waals surface area (Å²) in [6.45, 7) is 3.16. The molecule has 0 fully saturated rings. The van der Waals surface area contributed by atoms with Crippen molar-refractivity contribution in [2.75, 3.05) is 32.9 Å². The fourth-order valence-corrected chi connectivity index (χ4v) is 5.19. The molecular formula is C21H28F2N4O3S2. The van der Waals surface area contributed by atoms with E-state index in [0.29, 0.717) is 12.3 Å². The summed E-state index contributed by atoms with van der Waals surface area (Å²) in [7, 11) is 4.07. The van der Waals surface area contributed by atoms with E-state index in [1.54, 1.807) is 23.1 Å². The molecule has 0 aliphatic rings. The first-order valence-electron chi connectivity index (χ1n) is 9.93. The van der Waals surface area contributed by atoms with Gasteiger partial charge in [-0.15, -0.1) is 11.3 Å². The third kappa shape index (κ3) is 8.38. The minimum absolute atomic E-state index is 0.0617. The van der Waals surface area contributed by atoms with E-state index in [9.17, 15) is 24.0 Å². The van der Waals surface area contributed by atoms with E-state index >= 15 is 0 Å². The maximum absolute atomic E-state index is 13.8. The molecule has 0 aliphatic heterocycles. The molecule has 0 saturated carbocycles. The molecule has 2 rings (SSSR count). The second kappa shape index (κ2) is 12.7. The van der Waals surface area contributed by atoms with E-state index in [2.05, 4.69) is 28.5 Å². The average molecular weight is 487 g/mol. The number of halogens is 2. The summed E-state index contributed by atoms with van der Waals surface area (Å²) in [6, 6.07) is 5.48. The predicted molar refractivity (Wildman–Crippen MR) is 125 cm³/mol. The maximum Gasteiger partial charge on any atom is 0.274 e. The third-order valence-electron chi connectivity index (χ3n) is 4.39. The molecule has 0 bridgehead atoms. The first-order chi connectivity index (χ1) is 15.2. The van der Waals surface area contributed by atoms with Gasteiger partial charge < -0.3 is 20.6 Å². The topological polar surface area (TPSA) is 90.7 Å². The van der Waals surface area contributed by atoms with E-state index < -0.39 is 28.2 Å².